The van der Waals surface area contributed by atoms with Crippen LogP contribution in [-0.4, -0.2) is 17.0 Å². The van der Waals surface area contributed by atoms with Gasteiger partial charge >= 0.3 is 0 Å². The van der Waals surface area contributed by atoms with Crippen LogP contribution < -0.4 is 5.32 Å². The van der Waals surface area contributed by atoms with Crippen LogP contribution in [0.3, 0.4) is 0 Å². The first kappa shape index (κ1) is 17.2. The van der Waals surface area contributed by atoms with Crippen molar-refractivity contribution in [2.45, 2.75) is 27.3 Å². The van der Waals surface area contributed by atoms with Gasteiger partial charge in [-0.15, -0.1) is 0 Å². The second kappa shape index (κ2) is 6.70. The quantitative estimate of drug-likeness (QED) is 0.750. The van der Waals surface area contributed by atoms with Gasteiger partial charge in [-0.3, -0.25) is 4.79 Å². The largest absolute Gasteiger partial charge is 0.460 e. The Balaban J connectivity index is 2.01. The lowest BCUT2D eigenvalue weighted by molar-refractivity contribution is 0.0940. The first-order valence-corrected chi connectivity index (χ1v) is 8.16. The Morgan fingerprint density at radius 1 is 1.16 bits per heavy atom. The smallest absolute Gasteiger partial charge is 0.268 e. The number of hydrogen-bond acceptors (Lipinski definition) is 2. The molecule has 0 saturated heterocycles. The fourth-order valence-corrected chi connectivity index (χ4v) is 2.80. The van der Waals surface area contributed by atoms with E-state index in [0.29, 0.717) is 35.1 Å². The summed E-state index contributed by atoms with van der Waals surface area (Å²) in [4.78, 5) is 12.5. The molecule has 3 aromatic rings. The maximum absolute atomic E-state index is 13.5. The highest BCUT2D eigenvalue weighted by Gasteiger charge is 2.19. The van der Waals surface area contributed by atoms with E-state index in [-0.39, 0.29) is 12.5 Å². The Bertz CT molecular complexity index is 905. The molecule has 0 aliphatic heterocycles. The van der Waals surface area contributed by atoms with E-state index in [1.54, 1.807) is 10.6 Å². The van der Waals surface area contributed by atoms with E-state index < -0.39 is 11.6 Å². The van der Waals surface area contributed by atoms with Crippen LogP contribution in [0.4, 0.5) is 8.78 Å². The lowest BCUT2D eigenvalue weighted by Gasteiger charge is -2.12. The molecule has 4 nitrogen and oxygen atoms in total. The van der Waals surface area contributed by atoms with E-state index in [0.717, 1.165) is 11.6 Å². The topological polar surface area (TPSA) is 47.2 Å². The van der Waals surface area contributed by atoms with E-state index >= 15 is 0 Å². The number of aryl methyl sites for hydroxylation is 1. The maximum Gasteiger partial charge on any atom is 0.268 e. The van der Waals surface area contributed by atoms with E-state index in [4.69, 9.17) is 4.42 Å². The Hall–Kier alpha value is -2.63. The number of fused-ring (bicyclic) bond motifs is 1. The molecule has 2 aromatic heterocycles. The van der Waals surface area contributed by atoms with Gasteiger partial charge in [0.1, 0.15) is 23.1 Å². The standard InChI is InChI=1S/C19H20F2N2O2/c1-11(2)9-22-19(24)17-8-18-16(4-12(3)25-18)23(17)10-13-5-14(20)7-15(21)6-13/h4-8,11H,9-10H2,1-3H3,(H,22,24). The zero-order valence-electron chi connectivity index (χ0n) is 14.4. The first-order chi connectivity index (χ1) is 11.8. The van der Waals surface area contributed by atoms with Gasteiger partial charge in [0.25, 0.3) is 5.91 Å². The molecule has 132 valence electrons. The van der Waals surface area contributed by atoms with Crippen LogP contribution >= 0.6 is 0 Å². The summed E-state index contributed by atoms with van der Waals surface area (Å²) in [5.41, 5.74) is 2.13. The van der Waals surface area contributed by atoms with Crippen molar-refractivity contribution in [3.63, 3.8) is 0 Å². The molecule has 1 amide bonds. The van der Waals surface area contributed by atoms with Crippen LogP contribution in [0.1, 0.15) is 35.7 Å². The third kappa shape index (κ3) is 3.73. The second-order valence-corrected chi connectivity index (χ2v) is 6.60. The van der Waals surface area contributed by atoms with Crippen molar-refractivity contribution in [2.75, 3.05) is 6.54 Å². The van der Waals surface area contributed by atoms with Crippen molar-refractivity contribution in [1.82, 2.24) is 9.88 Å². The lowest BCUT2D eigenvalue weighted by atomic mass is 10.2. The number of amides is 1. The number of nitrogens with one attached hydrogen (secondary N) is 1. The van der Waals surface area contributed by atoms with Crippen LogP contribution in [0.25, 0.3) is 11.1 Å². The zero-order chi connectivity index (χ0) is 18.1. The van der Waals surface area contributed by atoms with Gasteiger partial charge in [-0.1, -0.05) is 13.8 Å². The molecule has 0 bridgehead atoms. The normalized spacial score (nSPS) is 11.4. The molecule has 0 spiro atoms. The van der Waals surface area contributed by atoms with Crippen LogP contribution in [-0.2, 0) is 6.54 Å². The molecule has 0 aliphatic carbocycles. The number of benzene rings is 1. The summed E-state index contributed by atoms with van der Waals surface area (Å²) in [5, 5.41) is 2.86. The fourth-order valence-electron chi connectivity index (χ4n) is 2.80. The van der Waals surface area contributed by atoms with Crippen molar-refractivity contribution in [2.24, 2.45) is 5.92 Å². The Labute approximate surface area is 144 Å². The molecule has 0 saturated carbocycles. The van der Waals surface area contributed by atoms with Crippen LogP contribution in [0, 0.1) is 24.5 Å². The number of hydrogen-bond donors (Lipinski definition) is 1. The Morgan fingerprint density at radius 3 is 2.48 bits per heavy atom. The number of furan rings is 1. The lowest BCUT2D eigenvalue weighted by Crippen LogP contribution is -2.29. The Kier molecular flexibility index (Phi) is 4.61. The van der Waals surface area contributed by atoms with Crippen LogP contribution in [0.5, 0.6) is 0 Å². The summed E-state index contributed by atoms with van der Waals surface area (Å²) >= 11 is 0. The van der Waals surface area contributed by atoms with Gasteiger partial charge < -0.3 is 14.3 Å². The van der Waals surface area contributed by atoms with Crippen molar-refractivity contribution < 1.29 is 18.0 Å². The average Bonchev–Trinajstić information content (AvgIpc) is 3.01. The van der Waals surface area contributed by atoms with Gasteiger partial charge in [-0.25, -0.2) is 8.78 Å². The number of aromatic nitrogens is 1. The number of carbonyl (C=O) groups is 1. The molecule has 6 heteroatoms. The molecule has 0 unspecified atom stereocenters. The summed E-state index contributed by atoms with van der Waals surface area (Å²) < 4.78 is 34.3. The van der Waals surface area contributed by atoms with Gasteiger partial charge in [0.2, 0.25) is 0 Å². The predicted octanol–water partition coefficient (Wildman–Crippen LogP) is 4.26. The van der Waals surface area contributed by atoms with Gasteiger partial charge in [0.15, 0.2) is 5.58 Å². The van der Waals surface area contributed by atoms with Crippen LogP contribution in [0.15, 0.2) is 34.7 Å². The van der Waals surface area contributed by atoms with Crippen LogP contribution in [0.2, 0.25) is 0 Å². The van der Waals surface area contributed by atoms with E-state index in [1.165, 1.54) is 12.1 Å². The fraction of sp³-hybridized carbons (Fsp3) is 0.316. The third-order valence-electron chi connectivity index (χ3n) is 3.88. The SMILES string of the molecule is Cc1cc2c(cc(C(=O)NCC(C)C)n2Cc2cc(F)cc(F)c2)o1. The van der Waals surface area contributed by atoms with Gasteiger partial charge in [-0.05, 0) is 30.5 Å². The highest BCUT2D eigenvalue weighted by atomic mass is 19.1. The summed E-state index contributed by atoms with van der Waals surface area (Å²) in [6, 6.07) is 6.82. The summed E-state index contributed by atoms with van der Waals surface area (Å²) in [7, 11) is 0. The van der Waals surface area contributed by atoms with Crippen molar-refractivity contribution in [1.29, 1.82) is 0 Å². The molecule has 1 N–H and O–H groups in total. The minimum absolute atomic E-state index is 0.168. The number of halogens is 2. The van der Waals surface area contributed by atoms with Gasteiger partial charge in [0, 0.05) is 31.3 Å². The highest BCUT2D eigenvalue weighted by molar-refractivity contribution is 5.97. The zero-order valence-corrected chi connectivity index (χ0v) is 14.4. The molecule has 0 radical (unpaired) electrons. The van der Waals surface area contributed by atoms with Crippen molar-refractivity contribution in [3.8, 4) is 0 Å². The molecule has 25 heavy (non-hydrogen) atoms. The monoisotopic (exact) mass is 346 g/mol. The number of nitrogens with zero attached hydrogens (tertiary/aromatic N) is 1. The average molecular weight is 346 g/mol. The minimum atomic E-state index is -0.646. The summed E-state index contributed by atoms with van der Waals surface area (Å²) in [6.45, 7) is 6.53. The maximum atomic E-state index is 13.5. The second-order valence-electron chi connectivity index (χ2n) is 6.60. The van der Waals surface area contributed by atoms with Gasteiger partial charge in [-0.2, -0.15) is 0 Å². The molecule has 1 aromatic carbocycles. The minimum Gasteiger partial charge on any atom is -0.460 e. The number of carbonyl (C=O) groups excluding carboxylic acids is 1. The Morgan fingerprint density at radius 2 is 1.84 bits per heavy atom. The molecule has 0 aliphatic rings. The molecule has 0 atom stereocenters. The van der Waals surface area contributed by atoms with Crippen molar-refractivity contribution >= 4 is 17.0 Å². The molecule has 0 fully saturated rings. The molecular weight excluding hydrogens is 326 g/mol. The van der Waals surface area contributed by atoms with Gasteiger partial charge in [0.05, 0.1) is 5.52 Å². The summed E-state index contributed by atoms with van der Waals surface area (Å²) in [5.74, 6) is -0.511. The molecular formula is C19H20F2N2O2. The molecule has 3 rings (SSSR count). The molecule has 2 heterocycles. The highest BCUT2D eigenvalue weighted by Crippen LogP contribution is 2.25. The third-order valence-corrected chi connectivity index (χ3v) is 3.88. The van der Waals surface area contributed by atoms with E-state index in [1.807, 2.05) is 26.8 Å². The first-order valence-electron chi connectivity index (χ1n) is 8.16. The summed E-state index contributed by atoms with van der Waals surface area (Å²) in [6.07, 6.45) is 0. The van der Waals surface area contributed by atoms with E-state index in [9.17, 15) is 13.6 Å². The number of rotatable bonds is 5. The van der Waals surface area contributed by atoms with Crippen molar-refractivity contribution in [3.05, 3.63) is 59.0 Å². The predicted molar refractivity (Wildman–Crippen MR) is 91.6 cm³/mol. The van der Waals surface area contributed by atoms with E-state index in [2.05, 4.69) is 5.32 Å².